The van der Waals surface area contributed by atoms with Crippen LogP contribution in [0, 0.1) is 5.92 Å². The number of anilines is 2. The van der Waals surface area contributed by atoms with Crippen molar-refractivity contribution in [1.29, 1.82) is 0 Å². The summed E-state index contributed by atoms with van der Waals surface area (Å²) < 4.78 is 0.763. The van der Waals surface area contributed by atoms with Crippen LogP contribution in [0.5, 0.6) is 0 Å². The molecule has 4 nitrogen and oxygen atoms in total. The molecule has 0 bridgehead atoms. The van der Waals surface area contributed by atoms with Crippen LogP contribution in [0.4, 0.5) is 11.6 Å². The Balaban J connectivity index is 2.12. The molecule has 2 unspecified atom stereocenters. The summed E-state index contributed by atoms with van der Waals surface area (Å²) in [6.45, 7) is 2.24. The standard InChI is InChI=1S/C9H13BrN4/c1-5-2-3-6(5)14-9-7(10)8(11)12-4-13-9/h4-6H,2-3H2,1H3,(H3,11,12,13,14). The van der Waals surface area contributed by atoms with Crippen LogP contribution in [0.3, 0.4) is 0 Å². The average molecular weight is 257 g/mol. The first-order valence-electron chi connectivity index (χ1n) is 4.71. The van der Waals surface area contributed by atoms with E-state index in [1.54, 1.807) is 0 Å². The van der Waals surface area contributed by atoms with E-state index < -0.39 is 0 Å². The molecule has 5 heteroatoms. The van der Waals surface area contributed by atoms with Gasteiger partial charge in [0, 0.05) is 6.04 Å². The van der Waals surface area contributed by atoms with E-state index in [-0.39, 0.29) is 0 Å². The monoisotopic (exact) mass is 256 g/mol. The summed E-state index contributed by atoms with van der Waals surface area (Å²) in [5.41, 5.74) is 5.65. The van der Waals surface area contributed by atoms with Crippen molar-refractivity contribution < 1.29 is 0 Å². The fraction of sp³-hybridized carbons (Fsp3) is 0.556. The topological polar surface area (TPSA) is 63.8 Å². The van der Waals surface area contributed by atoms with Gasteiger partial charge in [-0.3, -0.25) is 0 Å². The third-order valence-electron chi connectivity index (χ3n) is 2.76. The van der Waals surface area contributed by atoms with Crippen LogP contribution in [0.25, 0.3) is 0 Å². The van der Waals surface area contributed by atoms with E-state index in [9.17, 15) is 0 Å². The Morgan fingerprint density at radius 3 is 2.86 bits per heavy atom. The second-order valence-corrected chi connectivity index (χ2v) is 4.52. The highest BCUT2D eigenvalue weighted by atomic mass is 79.9. The summed E-state index contributed by atoms with van der Waals surface area (Å²) in [4.78, 5) is 8.04. The second-order valence-electron chi connectivity index (χ2n) is 3.73. The molecule has 14 heavy (non-hydrogen) atoms. The average Bonchev–Trinajstić information content (AvgIpc) is 2.18. The van der Waals surface area contributed by atoms with Gasteiger partial charge in [-0.05, 0) is 34.7 Å². The summed E-state index contributed by atoms with van der Waals surface area (Å²) in [5.74, 6) is 2.00. The maximum absolute atomic E-state index is 5.65. The largest absolute Gasteiger partial charge is 0.383 e. The maximum atomic E-state index is 5.65. The Morgan fingerprint density at radius 1 is 1.50 bits per heavy atom. The van der Waals surface area contributed by atoms with Crippen LogP contribution in [0.2, 0.25) is 0 Å². The van der Waals surface area contributed by atoms with Gasteiger partial charge in [-0.2, -0.15) is 0 Å². The number of nitrogen functional groups attached to an aromatic ring is 1. The lowest BCUT2D eigenvalue weighted by atomic mass is 9.81. The van der Waals surface area contributed by atoms with E-state index in [0.29, 0.717) is 11.9 Å². The van der Waals surface area contributed by atoms with Crippen LogP contribution in [0.15, 0.2) is 10.8 Å². The number of hydrogen-bond donors (Lipinski definition) is 2. The van der Waals surface area contributed by atoms with E-state index in [2.05, 4.69) is 38.1 Å². The van der Waals surface area contributed by atoms with Gasteiger partial charge < -0.3 is 11.1 Å². The number of aromatic nitrogens is 2. The van der Waals surface area contributed by atoms with Crippen molar-refractivity contribution in [3.8, 4) is 0 Å². The lowest BCUT2D eigenvalue weighted by Gasteiger charge is -2.35. The Kier molecular flexibility index (Phi) is 2.58. The number of rotatable bonds is 2. The summed E-state index contributed by atoms with van der Waals surface area (Å²) in [6.07, 6.45) is 3.97. The quantitative estimate of drug-likeness (QED) is 0.850. The highest BCUT2D eigenvalue weighted by molar-refractivity contribution is 9.10. The molecular weight excluding hydrogens is 244 g/mol. The van der Waals surface area contributed by atoms with Gasteiger partial charge in [0.25, 0.3) is 0 Å². The maximum Gasteiger partial charge on any atom is 0.146 e. The minimum atomic E-state index is 0.481. The molecule has 1 fully saturated rings. The van der Waals surface area contributed by atoms with Gasteiger partial charge >= 0.3 is 0 Å². The summed E-state index contributed by atoms with van der Waals surface area (Å²) in [5, 5.41) is 3.36. The van der Waals surface area contributed by atoms with Crippen molar-refractivity contribution in [2.75, 3.05) is 11.1 Å². The molecule has 1 aromatic rings. The molecule has 0 aromatic carbocycles. The van der Waals surface area contributed by atoms with Gasteiger partial charge in [0.1, 0.15) is 22.4 Å². The SMILES string of the molecule is CC1CCC1Nc1ncnc(N)c1Br. The van der Waals surface area contributed by atoms with Gasteiger partial charge in [-0.1, -0.05) is 6.92 Å². The normalized spacial score (nSPS) is 25.6. The number of hydrogen-bond acceptors (Lipinski definition) is 4. The highest BCUT2D eigenvalue weighted by Crippen LogP contribution is 2.32. The predicted molar refractivity (Wildman–Crippen MR) is 60.0 cm³/mol. The zero-order valence-electron chi connectivity index (χ0n) is 8.00. The lowest BCUT2D eigenvalue weighted by Crippen LogP contribution is -2.36. The number of nitrogens with two attached hydrogens (primary N) is 1. The highest BCUT2D eigenvalue weighted by Gasteiger charge is 2.27. The molecule has 0 aliphatic heterocycles. The van der Waals surface area contributed by atoms with E-state index in [4.69, 9.17) is 5.73 Å². The van der Waals surface area contributed by atoms with Gasteiger partial charge in [0.2, 0.25) is 0 Å². The molecule has 1 aromatic heterocycles. The molecule has 2 atom stereocenters. The summed E-state index contributed by atoms with van der Waals surface area (Å²) in [7, 11) is 0. The summed E-state index contributed by atoms with van der Waals surface area (Å²) in [6, 6.07) is 0.528. The van der Waals surface area contributed by atoms with Crippen LogP contribution in [-0.4, -0.2) is 16.0 Å². The fourth-order valence-electron chi connectivity index (χ4n) is 1.54. The summed E-state index contributed by atoms with van der Waals surface area (Å²) >= 11 is 3.37. The third-order valence-corrected chi connectivity index (χ3v) is 3.54. The molecule has 0 spiro atoms. The Hall–Kier alpha value is -0.840. The van der Waals surface area contributed by atoms with Crippen LogP contribution < -0.4 is 11.1 Å². The van der Waals surface area contributed by atoms with Crippen molar-refractivity contribution in [1.82, 2.24) is 9.97 Å². The van der Waals surface area contributed by atoms with E-state index in [1.165, 1.54) is 19.2 Å². The van der Waals surface area contributed by atoms with Crippen molar-refractivity contribution in [2.45, 2.75) is 25.8 Å². The predicted octanol–water partition coefficient (Wildman–Crippen LogP) is 2.03. The molecule has 0 radical (unpaired) electrons. The van der Waals surface area contributed by atoms with E-state index in [1.807, 2.05) is 0 Å². The van der Waals surface area contributed by atoms with Gasteiger partial charge in [0.15, 0.2) is 0 Å². The minimum absolute atomic E-state index is 0.481. The zero-order chi connectivity index (χ0) is 10.1. The fourth-order valence-corrected chi connectivity index (χ4v) is 1.86. The second kappa shape index (κ2) is 3.73. The minimum Gasteiger partial charge on any atom is -0.383 e. The third kappa shape index (κ3) is 1.68. The van der Waals surface area contributed by atoms with E-state index in [0.717, 1.165) is 16.2 Å². The molecular formula is C9H13BrN4. The first kappa shape index (κ1) is 9.71. The van der Waals surface area contributed by atoms with Crippen LogP contribution >= 0.6 is 15.9 Å². The molecule has 0 amide bonds. The number of nitrogens with one attached hydrogen (secondary N) is 1. The van der Waals surface area contributed by atoms with Crippen molar-refractivity contribution in [3.63, 3.8) is 0 Å². The smallest absolute Gasteiger partial charge is 0.146 e. The first-order valence-corrected chi connectivity index (χ1v) is 5.50. The molecule has 0 saturated heterocycles. The number of nitrogens with zero attached hydrogens (tertiary/aromatic N) is 2. The molecule has 3 N–H and O–H groups in total. The molecule has 1 aliphatic rings. The Labute approximate surface area is 91.4 Å². The number of halogens is 1. The molecule has 1 saturated carbocycles. The first-order chi connectivity index (χ1) is 6.68. The van der Waals surface area contributed by atoms with Gasteiger partial charge in [-0.25, -0.2) is 9.97 Å². The van der Waals surface area contributed by atoms with Gasteiger partial charge in [-0.15, -0.1) is 0 Å². The van der Waals surface area contributed by atoms with Crippen molar-refractivity contribution >= 4 is 27.6 Å². The molecule has 1 aliphatic carbocycles. The molecule has 2 rings (SSSR count). The Bertz CT molecular complexity index is 342. The molecule has 76 valence electrons. The lowest BCUT2D eigenvalue weighted by molar-refractivity contribution is 0.303. The van der Waals surface area contributed by atoms with Crippen molar-refractivity contribution in [3.05, 3.63) is 10.8 Å². The van der Waals surface area contributed by atoms with Crippen molar-refractivity contribution in [2.24, 2.45) is 5.92 Å². The van der Waals surface area contributed by atoms with Gasteiger partial charge in [0.05, 0.1) is 0 Å². The van der Waals surface area contributed by atoms with Crippen LogP contribution in [0.1, 0.15) is 19.8 Å². The molecule has 1 heterocycles. The van der Waals surface area contributed by atoms with E-state index >= 15 is 0 Å². The Morgan fingerprint density at radius 2 is 2.29 bits per heavy atom. The zero-order valence-corrected chi connectivity index (χ0v) is 9.58. The van der Waals surface area contributed by atoms with Crippen LogP contribution in [-0.2, 0) is 0 Å².